The summed E-state index contributed by atoms with van der Waals surface area (Å²) in [5, 5.41) is 10.4. The fraction of sp³-hybridized carbons (Fsp3) is 0.516. The minimum absolute atomic E-state index is 0.108. The van der Waals surface area contributed by atoms with E-state index in [1.54, 1.807) is 15.9 Å². The zero-order valence-corrected chi connectivity index (χ0v) is 24.3. The largest absolute Gasteiger partial charge is 0.475 e. The first kappa shape index (κ1) is 29.7. The molecule has 0 aliphatic carbocycles. The maximum Gasteiger partial charge on any atom is 0.418 e. The molecule has 5 rings (SSSR count). The number of fused-ring (bicyclic) bond motifs is 1. The number of halogens is 3. The number of nitriles is 1. The number of aromatic nitrogens is 1. The van der Waals surface area contributed by atoms with E-state index in [2.05, 4.69) is 22.4 Å². The van der Waals surface area contributed by atoms with Gasteiger partial charge in [0.25, 0.3) is 0 Å². The number of piperazine rings is 1. The van der Waals surface area contributed by atoms with E-state index < -0.39 is 11.7 Å². The minimum Gasteiger partial charge on any atom is -0.475 e. The molecule has 1 aromatic heterocycles. The predicted octanol–water partition coefficient (Wildman–Crippen LogP) is 4.62. The quantitative estimate of drug-likeness (QED) is 0.460. The molecule has 0 radical (unpaired) electrons. The molecule has 1 unspecified atom stereocenters. The van der Waals surface area contributed by atoms with Crippen LogP contribution in [0.1, 0.15) is 49.1 Å². The molecule has 2 fully saturated rings. The summed E-state index contributed by atoms with van der Waals surface area (Å²) in [6.07, 6.45) is -0.721. The van der Waals surface area contributed by atoms with Crippen molar-refractivity contribution in [2.75, 3.05) is 49.6 Å². The molecule has 1 aromatic carbocycles. The summed E-state index contributed by atoms with van der Waals surface area (Å²) < 4.78 is 48.0. The molecule has 4 heterocycles. The van der Waals surface area contributed by atoms with Gasteiger partial charge in [0.15, 0.2) is 0 Å². The molecule has 1 amide bonds. The molecule has 11 heteroatoms. The predicted molar refractivity (Wildman–Crippen MR) is 154 cm³/mol. The summed E-state index contributed by atoms with van der Waals surface area (Å²) >= 11 is 0. The van der Waals surface area contributed by atoms with Gasteiger partial charge in [-0.2, -0.15) is 18.4 Å². The van der Waals surface area contributed by atoms with Crippen LogP contribution in [0.3, 0.4) is 0 Å². The molecule has 2 saturated heterocycles. The lowest BCUT2D eigenvalue weighted by molar-refractivity contribution is -0.137. The number of benzene rings is 1. The number of amides is 1. The van der Waals surface area contributed by atoms with E-state index in [0.29, 0.717) is 49.6 Å². The van der Waals surface area contributed by atoms with Crippen molar-refractivity contribution in [2.24, 2.45) is 0 Å². The van der Waals surface area contributed by atoms with Crippen LogP contribution in [0.5, 0.6) is 5.88 Å². The normalized spacial score (nSPS) is 23.0. The van der Waals surface area contributed by atoms with Crippen molar-refractivity contribution < 1.29 is 22.7 Å². The molecule has 0 spiro atoms. The topological polar surface area (TPSA) is 75.9 Å². The molecule has 8 nitrogen and oxygen atoms in total. The van der Waals surface area contributed by atoms with Crippen molar-refractivity contribution in [1.29, 1.82) is 5.26 Å². The average molecular weight is 583 g/mol. The Bertz CT molecular complexity index is 1390. The Hall–Kier alpha value is -3.78. The first-order valence-electron chi connectivity index (χ1n) is 14.4. The average Bonchev–Trinajstić information content (AvgIpc) is 3.39. The maximum absolute atomic E-state index is 13.9. The molecule has 3 aliphatic heterocycles. The van der Waals surface area contributed by atoms with Gasteiger partial charge in [0.2, 0.25) is 11.8 Å². The Morgan fingerprint density at radius 1 is 1.21 bits per heavy atom. The van der Waals surface area contributed by atoms with Crippen LogP contribution in [-0.2, 0) is 23.9 Å². The highest BCUT2D eigenvalue weighted by Crippen LogP contribution is 2.42. The highest BCUT2D eigenvalue weighted by molar-refractivity contribution is 5.87. The lowest BCUT2D eigenvalue weighted by Crippen LogP contribution is -2.58. The van der Waals surface area contributed by atoms with Crippen molar-refractivity contribution >= 4 is 17.3 Å². The molecule has 3 aliphatic rings. The third kappa shape index (κ3) is 5.64. The molecule has 42 heavy (non-hydrogen) atoms. The fourth-order valence-electron chi connectivity index (χ4n) is 6.48. The van der Waals surface area contributed by atoms with Gasteiger partial charge >= 0.3 is 6.18 Å². The number of rotatable bonds is 6. The number of likely N-dealkylation sites (tertiary alicyclic amines) is 1. The second-order valence-corrected chi connectivity index (χ2v) is 11.5. The lowest BCUT2D eigenvalue weighted by atomic mass is 9.95. The molecular weight excluding hydrogens is 545 g/mol. The van der Waals surface area contributed by atoms with E-state index in [1.165, 1.54) is 18.2 Å². The molecule has 0 saturated carbocycles. The van der Waals surface area contributed by atoms with Crippen LogP contribution in [0.4, 0.5) is 24.5 Å². The van der Waals surface area contributed by atoms with E-state index in [1.807, 2.05) is 20.9 Å². The van der Waals surface area contributed by atoms with Crippen LogP contribution in [0.15, 0.2) is 36.9 Å². The molecule has 3 atom stereocenters. The highest BCUT2D eigenvalue weighted by atomic mass is 19.4. The molecule has 2 aromatic rings. The van der Waals surface area contributed by atoms with Crippen LogP contribution in [-0.4, -0.2) is 78.7 Å². The number of carbonyl (C=O) groups excluding carboxylic acids is 1. The van der Waals surface area contributed by atoms with Crippen molar-refractivity contribution in [1.82, 2.24) is 14.8 Å². The van der Waals surface area contributed by atoms with Gasteiger partial charge in [-0.05, 0) is 64.9 Å². The number of alkyl halides is 3. The smallest absolute Gasteiger partial charge is 0.418 e. The first-order chi connectivity index (χ1) is 20.0. The number of hydrogen-bond donors (Lipinski definition) is 0. The van der Waals surface area contributed by atoms with Gasteiger partial charge in [0.1, 0.15) is 18.2 Å². The highest BCUT2D eigenvalue weighted by Gasteiger charge is 2.39. The van der Waals surface area contributed by atoms with Gasteiger partial charge in [0.05, 0.1) is 23.5 Å². The lowest BCUT2D eigenvalue weighted by Gasteiger charge is -2.46. The number of anilines is 2. The third-order valence-corrected chi connectivity index (χ3v) is 8.77. The van der Waals surface area contributed by atoms with E-state index in [4.69, 9.17) is 9.72 Å². The fourth-order valence-corrected chi connectivity index (χ4v) is 6.48. The summed E-state index contributed by atoms with van der Waals surface area (Å²) in [5.41, 5.74) is 1.92. The van der Waals surface area contributed by atoms with E-state index in [0.717, 1.165) is 31.0 Å². The maximum atomic E-state index is 13.9. The van der Waals surface area contributed by atoms with Gasteiger partial charge in [-0.1, -0.05) is 18.7 Å². The zero-order chi connectivity index (χ0) is 30.2. The van der Waals surface area contributed by atoms with Crippen molar-refractivity contribution in [2.45, 2.75) is 64.0 Å². The van der Waals surface area contributed by atoms with Gasteiger partial charge in [-0.25, -0.2) is 4.98 Å². The Kier molecular flexibility index (Phi) is 8.37. The summed E-state index contributed by atoms with van der Waals surface area (Å²) in [5.74, 6) is 0.0666. The molecule has 0 N–H and O–H groups in total. The molecule has 0 bridgehead atoms. The monoisotopic (exact) mass is 582 g/mol. The summed E-state index contributed by atoms with van der Waals surface area (Å²) in [4.78, 5) is 25.1. The van der Waals surface area contributed by atoms with Crippen molar-refractivity contribution in [3.63, 3.8) is 0 Å². The van der Waals surface area contributed by atoms with Crippen LogP contribution < -0.4 is 14.5 Å². The van der Waals surface area contributed by atoms with E-state index >= 15 is 0 Å². The first-order valence-corrected chi connectivity index (χ1v) is 14.4. The van der Waals surface area contributed by atoms with Gasteiger partial charge in [0, 0.05) is 49.0 Å². The van der Waals surface area contributed by atoms with Crippen LogP contribution in [0, 0.1) is 11.3 Å². The van der Waals surface area contributed by atoms with E-state index in [-0.39, 0.29) is 42.1 Å². The number of likely N-dealkylation sites (N-methyl/N-ethyl adjacent to an activating group) is 1. The number of ether oxygens (including phenoxy) is 1. The Morgan fingerprint density at radius 2 is 1.98 bits per heavy atom. The van der Waals surface area contributed by atoms with Gasteiger partial charge in [-0.3, -0.25) is 4.79 Å². The summed E-state index contributed by atoms with van der Waals surface area (Å²) in [6.45, 7) is 10.4. The molecular formula is C31H37F3N6O2. The Labute approximate surface area is 245 Å². The number of pyridine rings is 1. The SMILES string of the molecule is C=CC(=O)N1C[C@H](C)N(c2c(C#N)c(OCC3CCCN3C)nc3c2CCN(c2ccccc2C(F)(F)F)C3)C[C@H]1C. The Balaban J connectivity index is 1.56. The number of hydrogen-bond acceptors (Lipinski definition) is 7. The number of nitrogens with zero attached hydrogens (tertiary/aromatic N) is 6. The number of para-hydroxylation sites is 1. The van der Waals surface area contributed by atoms with Crippen molar-refractivity contribution in [3.8, 4) is 11.9 Å². The number of carbonyl (C=O) groups is 1. The second kappa shape index (κ2) is 11.8. The third-order valence-electron chi connectivity index (χ3n) is 8.77. The van der Waals surface area contributed by atoms with Gasteiger partial charge < -0.3 is 24.3 Å². The van der Waals surface area contributed by atoms with Crippen LogP contribution in [0.2, 0.25) is 0 Å². The Morgan fingerprint density at radius 3 is 2.64 bits per heavy atom. The second-order valence-electron chi connectivity index (χ2n) is 11.5. The minimum atomic E-state index is -4.49. The standard InChI is InChI=1S/C31H37F3N6O2/c1-5-28(41)39-16-21(3)40(17-20(39)2)29-23-12-14-38(27-11-7-6-10-25(27)31(32,33)34)18-26(23)36-30(24(29)15-35)42-19-22-9-8-13-37(22)4/h5-7,10-11,20-22H,1,8-9,12-14,16-19H2,2-4H3/t20-,21+,22?/m1/s1. The van der Waals surface area contributed by atoms with Crippen LogP contribution in [0.25, 0.3) is 0 Å². The van der Waals surface area contributed by atoms with E-state index in [9.17, 15) is 23.2 Å². The van der Waals surface area contributed by atoms with Gasteiger partial charge in [-0.15, -0.1) is 0 Å². The zero-order valence-electron chi connectivity index (χ0n) is 24.3. The summed E-state index contributed by atoms with van der Waals surface area (Å²) in [7, 11) is 2.04. The molecule has 224 valence electrons. The summed E-state index contributed by atoms with van der Waals surface area (Å²) in [6, 6.07) is 7.87. The van der Waals surface area contributed by atoms with Crippen molar-refractivity contribution in [3.05, 3.63) is 59.3 Å². The van der Waals surface area contributed by atoms with Crippen LogP contribution >= 0.6 is 0 Å².